The molecule has 2 aliphatic heterocycles. The van der Waals surface area contributed by atoms with Gasteiger partial charge in [0.1, 0.15) is 9.63 Å². The van der Waals surface area contributed by atoms with Crippen molar-refractivity contribution in [1.29, 1.82) is 0 Å². The fourth-order valence-electron chi connectivity index (χ4n) is 1.09. The molecule has 1 fully saturated rings. The number of ether oxygens (including phenoxy) is 1. The fraction of sp³-hybridized carbons (Fsp3) is 0.714. The van der Waals surface area contributed by atoms with Crippen LogP contribution in [0, 0.1) is 0 Å². The summed E-state index contributed by atoms with van der Waals surface area (Å²) in [5, 5.41) is 0.00866. The van der Waals surface area contributed by atoms with E-state index in [-0.39, 0.29) is 11.2 Å². The van der Waals surface area contributed by atoms with Crippen LogP contribution >= 0.6 is 23.5 Å². The monoisotopic (exact) mass is 203 g/mol. The van der Waals surface area contributed by atoms with Crippen LogP contribution in [0.25, 0.3) is 0 Å². The van der Waals surface area contributed by atoms with Gasteiger partial charge in [-0.3, -0.25) is 9.79 Å². The van der Waals surface area contributed by atoms with E-state index in [1.54, 1.807) is 23.5 Å². The van der Waals surface area contributed by atoms with E-state index in [1.807, 2.05) is 0 Å². The number of hydrogen-bond donors (Lipinski definition) is 0. The first-order chi connectivity index (χ1) is 5.86. The molecule has 1 atom stereocenters. The van der Waals surface area contributed by atoms with E-state index in [4.69, 9.17) is 4.74 Å². The number of aliphatic imine (C=N–C) groups is 1. The summed E-state index contributed by atoms with van der Waals surface area (Å²) in [4.78, 5) is 15.3. The highest BCUT2D eigenvalue weighted by Crippen LogP contribution is 2.30. The number of esters is 1. The largest absolute Gasteiger partial charge is 0.465 e. The van der Waals surface area contributed by atoms with Gasteiger partial charge in [-0.25, -0.2) is 0 Å². The lowest BCUT2D eigenvalue weighted by molar-refractivity contribution is -0.137. The van der Waals surface area contributed by atoms with Crippen molar-refractivity contribution in [3.63, 3.8) is 0 Å². The Kier molecular flexibility index (Phi) is 2.60. The molecule has 5 heteroatoms. The van der Waals surface area contributed by atoms with Crippen LogP contribution in [0.5, 0.6) is 0 Å². The first-order valence-corrected chi connectivity index (χ1v) is 5.73. The van der Waals surface area contributed by atoms with E-state index in [1.165, 1.54) is 0 Å². The second kappa shape index (κ2) is 3.70. The molecule has 0 amide bonds. The number of rotatable bonds is 1. The van der Waals surface area contributed by atoms with E-state index < -0.39 is 0 Å². The van der Waals surface area contributed by atoms with Crippen molar-refractivity contribution in [3.05, 3.63) is 0 Å². The van der Waals surface area contributed by atoms with Crippen molar-refractivity contribution in [2.75, 3.05) is 18.9 Å². The molecule has 0 aliphatic carbocycles. The quantitative estimate of drug-likeness (QED) is 0.599. The molecule has 3 nitrogen and oxygen atoms in total. The van der Waals surface area contributed by atoms with Crippen molar-refractivity contribution in [1.82, 2.24) is 0 Å². The smallest absolute Gasteiger partial charge is 0.319 e. The third-order valence-electron chi connectivity index (χ3n) is 1.69. The van der Waals surface area contributed by atoms with Crippen LogP contribution in [0.2, 0.25) is 0 Å². The lowest BCUT2D eigenvalue weighted by Gasteiger charge is -2.02. The molecular formula is C7H9NO2S2. The Morgan fingerprint density at radius 2 is 2.58 bits per heavy atom. The van der Waals surface area contributed by atoms with Crippen molar-refractivity contribution in [3.8, 4) is 0 Å². The highest BCUT2D eigenvalue weighted by atomic mass is 32.2. The summed E-state index contributed by atoms with van der Waals surface area (Å²) in [6.45, 7) is 1.48. The molecule has 0 aromatic carbocycles. The zero-order chi connectivity index (χ0) is 8.39. The molecular weight excluding hydrogens is 194 g/mol. The molecule has 0 aromatic heterocycles. The van der Waals surface area contributed by atoms with E-state index in [0.29, 0.717) is 6.61 Å². The molecule has 2 heterocycles. The van der Waals surface area contributed by atoms with Crippen molar-refractivity contribution < 1.29 is 9.53 Å². The van der Waals surface area contributed by atoms with Crippen LogP contribution in [-0.2, 0) is 9.53 Å². The molecule has 0 N–H and O–H groups in total. The maximum absolute atomic E-state index is 11.1. The van der Waals surface area contributed by atoms with Gasteiger partial charge in [-0.05, 0) is 0 Å². The van der Waals surface area contributed by atoms with E-state index in [2.05, 4.69) is 4.99 Å². The first-order valence-electron chi connectivity index (χ1n) is 3.87. The van der Waals surface area contributed by atoms with Crippen LogP contribution < -0.4 is 0 Å². The third-order valence-corrected chi connectivity index (χ3v) is 4.14. The summed E-state index contributed by atoms with van der Waals surface area (Å²) >= 11 is 3.30. The minimum absolute atomic E-state index is 0.00866. The van der Waals surface area contributed by atoms with Crippen molar-refractivity contribution in [2.24, 2.45) is 4.99 Å². The summed E-state index contributed by atoms with van der Waals surface area (Å²) in [5.74, 6) is 0.986. The Hall–Kier alpha value is -0.160. The van der Waals surface area contributed by atoms with Gasteiger partial charge in [0.15, 0.2) is 0 Å². The predicted molar refractivity (Wildman–Crippen MR) is 51.7 cm³/mol. The van der Waals surface area contributed by atoms with Gasteiger partial charge >= 0.3 is 5.97 Å². The maximum atomic E-state index is 11.1. The van der Waals surface area contributed by atoms with Crippen LogP contribution in [0.15, 0.2) is 4.99 Å². The van der Waals surface area contributed by atoms with Crippen LogP contribution in [0.1, 0.15) is 6.42 Å². The summed E-state index contributed by atoms with van der Waals surface area (Å²) in [6.07, 6.45) is 0.836. The van der Waals surface area contributed by atoms with Crippen LogP contribution in [0.3, 0.4) is 0 Å². The molecule has 0 saturated carbocycles. The molecule has 2 rings (SSSR count). The van der Waals surface area contributed by atoms with Gasteiger partial charge in [0, 0.05) is 12.2 Å². The Labute approximate surface area is 79.3 Å². The highest BCUT2D eigenvalue weighted by molar-refractivity contribution is 8.39. The second-order valence-electron chi connectivity index (χ2n) is 2.56. The molecule has 12 heavy (non-hydrogen) atoms. The Morgan fingerprint density at radius 3 is 3.17 bits per heavy atom. The Morgan fingerprint density at radius 1 is 1.67 bits per heavy atom. The Bertz CT molecular complexity index is 229. The first kappa shape index (κ1) is 8.44. The molecule has 2 aliphatic rings. The van der Waals surface area contributed by atoms with E-state index in [9.17, 15) is 4.79 Å². The molecule has 1 saturated heterocycles. The van der Waals surface area contributed by atoms with Gasteiger partial charge in [-0.1, -0.05) is 23.5 Å². The highest BCUT2D eigenvalue weighted by Gasteiger charge is 2.29. The number of hydrogen-bond acceptors (Lipinski definition) is 5. The molecule has 0 spiro atoms. The minimum atomic E-state index is -0.0739. The number of carbonyl (C=O) groups is 1. The number of cyclic esters (lactones) is 1. The van der Waals surface area contributed by atoms with Gasteiger partial charge < -0.3 is 4.74 Å². The average molecular weight is 203 g/mol. The van der Waals surface area contributed by atoms with Crippen molar-refractivity contribution in [2.45, 2.75) is 11.7 Å². The normalized spacial score (nSPS) is 28.8. The summed E-state index contributed by atoms with van der Waals surface area (Å²) < 4.78 is 5.91. The van der Waals surface area contributed by atoms with Crippen molar-refractivity contribution >= 4 is 33.9 Å². The Balaban J connectivity index is 1.89. The zero-order valence-electron chi connectivity index (χ0n) is 6.49. The number of thioether (sulfide) groups is 2. The topological polar surface area (TPSA) is 38.7 Å². The van der Waals surface area contributed by atoms with Gasteiger partial charge in [-0.2, -0.15) is 0 Å². The molecule has 66 valence electrons. The number of nitrogens with zero attached hydrogens (tertiary/aromatic N) is 1. The summed E-state index contributed by atoms with van der Waals surface area (Å²) in [6, 6.07) is 0. The van der Waals surface area contributed by atoms with Gasteiger partial charge in [0.25, 0.3) is 0 Å². The fourth-order valence-corrected chi connectivity index (χ4v) is 3.29. The second-order valence-corrected chi connectivity index (χ2v) is 5.09. The molecule has 0 aromatic rings. The van der Waals surface area contributed by atoms with Crippen LogP contribution in [-0.4, -0.2) is 34.5 Å². The maximum Gasteiger partial charge on any atom is 0.319 e. The molecule has 1 unspecified atom stereocenters. The lowest BCUT2D eigenvalue weighted by atomic mass is 10.4. The van der Waals surface area contributed by atoms with E-state index in [0.717, 1.165) is 23.1 Å². The average Bonchev–Trinajstić information content (AvgIpc) is 2.65. The summed E-state index contributed by atoms with van der Waals surface area (Å²) in [5.41, 5.74) is 0. The zero-order valence-corrected chi connectivity index (χ0v) is 8.12. The molecule has 0 bridgehead atoms. The molecule has 0 radical (unpaired) electrons. The predicted octanol–water partition coefficient (Wildman–Crippen LogP) is 1.14. The minimum Gasteiger partial charge on any atom is -0.465 e. The van der Waals surface area contributed by atoms with Crippen LogP contribution in [0.4, 0.5) is 0 Å². The summed E-state index contributed by atoms with van der Waals surface area (Å²) in [7, 11) is 0. The standard InChI is InChI=1S/C7H9NO2S2/c9-6-5(1-3-10-6)12-7-8-2-4-11-7/h5H,1-4H2. The van der Waals surface area contributed by atoms with Gasteiger partial charge in [0.2, 0.25) is 0 Å². The SMILES string of the molecule is O=C1OCCC1SC1=NCCS1. The van der Waals surface area contributed by atoms with Gasteiger partial charge in [0.05, 0.1) is 13.2 Å². The van der Waals surface area contributed by atoms with Gasteiger partial charge in [-0.15, -0.1) is 0 Å². The third kappa shape index (κ3) is 1.77. The number of carbonyl (C=O) groups excluding carboxylic acids is 1. The van der Waals surface area contributed by atoms with E-state index >= 15 is 0 Å². The lowest BCUT2D eigenvalue weighted by Crippen LogP contribution is -2.10.